The van der Waals surface area contributed by atoms with Gasteiger partial charge in [-0.25, -0.2) is 0 Å². The predicted molar refractivity (Wildman–Crippen MR) is 90.4 cm³/mol. The summed E-state index contributed by atoms with van der Waals surface area (Å²) in [6, 6.07) is 0.694. The van der Waals surface area contributed by atoms with E-state index in [9.17, 15) is 5.11 Å². The molecule has 3 rings (SSSR count). The van der Waals surface area contributed by atoms with Crippen molar-refractivity contribution in [1.82, 2.24) is 14.7 Å². The highest BCUT2D eigenvalue weighted by Crippen LogP contribution is 2.28. The second-order valence-electron chi connectivity index (χ2n) is 7.10. The molecule has 0 aromatic carbocycles. The minimum atomic E-state index is 0.143. The fraction of sp³-hybridized carbons (Fsp3) is 0.833. The molecule has 2 aliphatic rings. The van der Waals surface area contributed by atoms with Gasteiger partial charge in [0, 0.05) is 37.0 Å². The van der Waals surface area contributed by atoms with Crippen LogP contribution in [0.2, 0.25) is 0 Å². The summed E-state index contributed by atoms with van der Waals surface area (Å²) in [7, 11) is 0. The quantitative estimate of drug-likeness (QED) is 0.838. The summed E-state index contributed by atoms with van der Waals surface area (Å²) in [5.74, 6) is 0. The van der Waals surface area contributed by atoms with Gasteiger partial charge in [-0.3, -0.25) is 9.58 Å². The smallest absolute Gasteiger partial charge is 0.0703 e. The Kier molecular flexibility index (Phi) is 5.72. The van der Waals surface area contributed by atoms with Crippen molar-refractivity contribution in [1.29, 1.82) is 0 Å². The molecule has 0 amide bonds. The van der Waals surface area contributed by atoms with Gasteiger partial charge < -0.3 is 9.84 Å². The van der Waals surface area contributed by atoms with Crippen LogP contribution < -0.4 is 0 Å². The lowest BCUT2D eigenvalue weighted by Gasteiger charge is -2.31. The van der Waals surface area contributed by atoms with Gasteiger partial charge in [-0.1, -0.05) is 12.8 Å². The molecule has 0 radical (unpaired) electrons. The average molecular weight is 321 g/mol. The van der Waals surface area contributed by atoms with Crippen LogP contribution in [0.1, 0.15) is 55.5 Å². The van der Waals surface area contributed by atoms with Crippen molar-refractivity contribution in [3.05, 3.63) is 17.0 Å². The molecule has 1 unspecified atom stereocenters. The molecule has 5 nitrogen and oxygen atoms in total. The van der Waals surface area contributed by atoms with E-state index >= 15 is 0 Å². The molecular weight excluding hydrogens is 290 g/mol. The molecule has 1 aromatic heterocycles. The predicted octanol–water partition coefficient (Wildman–Crippen LogP) is 2.42. The maximum atomic E-state index is 9.20. The molecule has 2 fully saturated rings. The Morgan fingerprint density at radius 1 is 1.22 bits per heavy atom. The standard InChI is InChI=1S/C18H31N3O2/c1-14-18(15(2)21(19-14)9-10-22)13-20(16-6-3-4-7-16)12-17-8-5-11-23-17/h16-17,22H,3-13H2,1-2H3. The van der Waals surface area contributed by atoms with Gasteiger partial charge in [0.2, 0.25) is 0 Å². The van der Waals surface area contributed by atoms with Crippen molar-refractivity contribution < 1.29 is 9.84 Å². The normalized spacial score (nSPS) is 22.5. The van der Waals surface area contributed by atoms with Crippen LogP contribution in [-0.4, -0.2) is 51.7 Å². The van der Waals surface area contributed by atoms with E-state index in [2.05, 4.69) is 23.8 Å². The molecule has 0 bridgehead atoms. The number of ether oxygens (including phenoxy) is 1. The summed E-state index contributed by atoms with van der Waals surface area (Å²) in [5.41, 5.74) is 3.64. The van der Waals surface area contributed by atoms with Crippen LogP contribution in [-0.2, 0) is 17.8 Å². The molecule has 23 heavy (non-hydrogen) atoms. The van der Waals surface area contributed by atoms with E-state index in [1.54, 1.807) is 0 Å². The van der Waals surface area contributed by atoms with Crippen LogP contribution >= 0.6 is 0 Å². The average Bonchev–Trinajstić information content (AvgIpc) is 3.26. The summed E-state index contributed by atoms with van der Waals surface area (Å²) in [5, 5.41) is 13.8. The maximum Gasteiger partial charge on any atom is 0.0703 e. The van der Waals surface area contributed by atoms with E-state index < -0.39 is 0 Å². The van der Waals surface area contributed by atoms with E-state index in [-0.39, 0.29) is 6.61 Å². The number of aliphatic hydroxyl groups is 1. The van der Waals surface area contributed by atoms with E-state index in [1.807, 2.05) is 4.68 Å². The van der Waals surface area contributed by atoms with Crippen LogP contribution in [0.15, 0.2) is 0 Å². The molecule has 1 atom stereocenters. The third kappa shape index (κ3) is 3.95. The fourth-order valence-electron chi connectivity index (χ4n) is 4.14. The van der Waals surface area contributed by atoms with Gasteiger partial charge in [-0.2, -0.15) is 5.10 Å². The Morgan fingerprint density at radius 2 is 2.00 bits per heavy atom. The highest BCUT2D eigenvalue weighted by atomic mass is 16.5. The van der Waals surface area contributed by atoms with Gasteiger partial charge in [0.25, 0.3) is 0 Å². The molecule has 130 valence electrons. The summed E-state index contributed by atoms with van der Waals surface area (Å²) < 4.78 is 7.84. The van der Waals surface area contributed by atoms with E-state index in [4.69, 9.17) is 4.74 Å². The second kappa shape index (κ2) is 7.77. The lowest BCUT2D eigenvalue weighted by molar-refractivity contribution is 0.0540. The first-order chi connectivity index (χ1) is 11.2. The summed E-state index contributed by atoms with van der Waals surface area (Å²) >= 11 is 0. The molecule has 1 aliphatic heterocycles. The second-order valence-corrected chi connectivity index (χ2v) is 7.10. The van der Waals surface area contributed by atoms with Gasteiger partial charge in [-0.15, -0.1) is 0 Å². The summed E-state index contributed by atoms with van der Waals surface area (Å²) in [4.78, 5) is 2.64. The molecule has 1 aliphatic carbocycles. The number of aryl methyl sites for hydroxylation is 1. The minimum absolute atomic E-state index is 0.143. The van der Waals surface area contributed by atoms with Crippen LogP contribution in [0.25, 0.3) is 0 Å². The minimum Gasteiger partial charge on any atom is -0.394 e. The van der Waals surface area contributed by atoms with E-state index in [0.717, 1.165) is 25.4 Å². The lowest BCUT2D eigenvalue weighted by atomic mass is 10.1. The molecule has 1 saturated carbocycles. The van der Waals surface area contributed by atoms with Crippen molar-refractivity contribution in [2.45, 2.75) is 77.6 Å². The van der Waals surface area contributed by atoms with Gasteiger partial charge in [-0.05, 0) is 39.5 Å². The Hall–Kier alpha value is -0.910. The number of aromatic nitrogens is 2. The first kappa shape index (κ1) is 16.9. The Balaban J connectivity index is 1.74. The highest BCUT2D eigenvalue weighted by Gasteiger charge is 2.28. The molecule has 5 heteroatoms. The monoisotopic (exact) mass is 321 g/mol. The molecule has 0 spiro atoms. The molecular formula is C18H31N3O2. The number of hydrogen-bond acceptors (Lipinski definition) is 4. The Morgan fingerprint density at radius 3 is 2.65 bits per heavy atom. The van der Waals surface area contributed by atoms with Gasteiger partial charge in [0.1, 0.15) is 0 Å². The zero-order valence-corrected chi connectivity index (χ0v) is 14.6. The maximum absolute atomic E-state index is 9.20. The van der Waals surface area contributed by atoms with Crippen molar-refractivity contribution in [2.24, 2.45) is 0 Å². The third-order valence-electron chi connectivity index (χ3n) is 5.51. The number of rotatable bonds is 7. The first-order valence-electron chi connectivity index (χ1n) is 9.18. The van der Waals surface area contributed by atoms with Crippen LogP contribution in [0.5, 0.6) is 0 Å². The number of nitrogens with zero attached hydrogens (tertiary/aromatic N) is 3. The van der Waals surface area contributed by atoms with Crippen LogP contribution in [0.3, 0.4) is 0 Å². The molecule has 1 aromatic rings. The largest absolute Gasteiger partial charge is 0.394 e. The van der Waals surface area contributed by atoms with Crippen LogP contribution in [0, 0.1) is 13.8 Å². The molecule has 1 saturated heterocycles. The summed E-state index contributed by atoms with van der Waals surface area (Å²) in [6.45, 7) is 7.89. The molecule has 2 heterocycles. The van der Waals surface area contributed by atoms with E-state index in [1.165, 1.54) is 49.8 Å². The highest BCUT2D eigenvalue weighted by molar-refractivity contribution is 5.24. The fourth-order valence-corrected chi connectivity index (χ4v) is 4.14. The Bertz CT molecular complexity index is 503. The van der Waals surface area contributed by atoms with Crippen molar-refractivity contribution >= 4 is 0 Å². The van der Waals surface area contributed by atoms with Crippen molar-refractivity contribution in [3.63, 3.8) is 0 Å². The number of hydrogen-bond donors (Lipinski definition) is 1. The van der Waals surface area contributed by atoms with Crippen molar-refractivity contribution in [3.8, 4) is 0 Å². The van der Waals surface area contributed by atoms with E-state index in [0.29, 0.717) is 18.7 Å². The molecule has 1 N–H and O–H groups in total. The Labute approximate surface area is 139 Å². The first-order valence-corrected chi connectivity index (χ1v) is 9.18. The van der Waals surface area contributed by atoms with Crippen molar-refractivity contribution in [2.75, 3.05) is 19.8 Å². The lowest BCUT2D eigenvalue weighted by Crippen LogP contribution is -2.38. The van der Waals surface area contributed by atoms with Crippen LogP contribution in [0.4, 0.5) is 0 Å². The topological polar surface area (TPSA) is 50.5 Å². The zero-order chi connectivity index (χ0) is 16.2. The summed E-state index contributed by atoms with van der Waals surface area (Å²) in [6.07, 6.45) is 8.15. The zero-order valence-electron chi connectivity index (χ0n) is 14.6. The SMILES string of the molecule is Cc1nn(CCO)c(C)c1CN(CC1CCCO1)C1CCCC1. The van der Waals surface area contributed by atoms with Gasteiger partial charge in [0.05, 0.1) is 24.9 Å². The third-order valence-corrected chi connectivity index (χ3v) is 5.51. The number of aliphatic hydroxyl groups excluding tert-OH is 1. The van der Waals surface area contributed by atoms with Gasteiger partial charge >= 0.3 is 0 Å². The van der Waals surface area contributed by atoms with Gasteiger partial charge in [0.15, 0.2) is 0 Å².